The molecular formula is C26H26N4O4S. The van der Waals surface area contributed by atoms with Crippen LogP contribution >= 0.6 is 11.8 Å². The number of amides is 1. The Morgan fingerprint density at radius 2 is 1.89 bits per heavy atom. The first-order valence-electron chi connectivity index (χ1n) is 11.1. The van der Waals surface area contributed by atoms with Gasteiger partial charge in [-0.25, -0.2) is 0 Å². The van der Waals surface area contributed by atoms with Crippen molar-refractivity contribution in [2.45, 2.75) is 25.5 Å². The number of methoxy groups -OCH3 is 1. The fourth-order valence-corrected chi connectivity index (χ4v) is 4.14. The molecule has 9 heteroatoms. The SMILES string of the molecule is COc1cccc(-c2nnc(SCC(=O)c3ccc(NC(=O)C(C)C)cc3)n2Cc2ccco2)c1. The molecule has 2 aromatic carbocycles. The van der Waals surface area contributed by atoms with E-state index in [0.717, 1.165) is 11.3 Å². The van der Waals surface area contributed by atoms with E-state index in [4.69, 9.17) is 9.15 Å². The number of thioether (sulfide) groups is 1. The minimum absolute atomic E-state index is 0.0489. The van der Waals surface area contributed by atoms with Gasteiger partial charge in [-0.1, -0.05) is 37.7 Å². The first-order chi connectivity index (χ1) is 16.9. The molecule has 2 heterocycles. The molecule has 4 rings (SSSR count). The molecule has 1 amide bonds. The number of aromatic nitrogens is 3. The van der Waals surface area contributed by atoms with Gasteiger partial charge in [0.25, 0.3) is 0 Å². The van der Waals surface area contributed by atoms with Crippen molar-refractivity contribution in [3.05, 3.63) is 78.3 Å². The number of carbonyl (C=O) groups excluding carboxylic acids is 2. The first kappa shape index (κ1) is 24.3. The molecular weight excluding hydrogens is 464 g/mol. The third kappa shape index (κ3) is 5.99. The maximum absolute atomic E-state index is 12.8. The van der Waals surface area contributed by atoms with Crippen molar-refractivity contribution in [3.8, 4) is 17.1 Å². The summed E-state index contributed by atoms with van der Waals surface area (Å²) in [7, 11) is 1.62. The number of rotatable bonds is 10. The standard InChI is InChI=1S/C26H26N4O4S/c1-17(2)25(32)27-20-11-9-18(10-12-20)23(31)16-35-26-29-28-24(19-6-4-7-21(14-19)33-3)30(26)15-22-8-5-13-34-22/h4-14,17H,15-16H2,1-3H3,(H,27,32). The van der Waals surface area contributed by atoms with Gasteiger partial charge in [-0.2, -0.15) is 0 Å². The van der Waals surface area contributed by atoms with E-state index in [1.807, 2.05) is 54.8 Å². The summed E-state index contributed by atoms with van der Waals surface area (Å²) in [5.74, 6) is 2.07. The quantitative estimate of drug-likeness (QED) is 0.242. The first-order valence-corrected chi connectivity index (χ1v) is 12.1. The number of carbonyl (C=O) groups is 2. The Morgan fingerprint density at radius 3 is 2.57 bits per heavy atom. The van der Waals surface area contributed by atoms with Crippen molar-refractivity contribution in [1.82, 2.24) is 14.8 Å². The van der Waals surface area contributed by atoms with Gasteiger partial charge in [0.05, 0.1) is 25.7 Å². The maximum Gasteiger partial charge on any atom is 0.226 e. The molecule has 0 bridgehead atoms. The van der Waals surface area contributed by atoms with Gasteiger partial charge in [-0.3, -0.25) is 14.2 Å². The molecule has 0 aliphatic carbocycles. The molecule has 8 nitrogen and oxygen atoms in total. The Morgan fingerprint density at radius 1 is 1.09 bits per heavy atom. The highest BCUT2D eigenvalue weighted by molar-refractivity contribution is 7.99. The molecule has 0 spiro atoms. The van der Waals surface area contributed by atoms with Crippen LogP contribution in [0.25, 0.3) is 11.4 Å². The number of hydrogen-bond donors (Lipinski definition) is 1. The summed E-state index contributed by atoms with van der Waals surface area (Å²) in [5, 5.41) is 12.2. The predicted molar refractivity (Wildman–Crippen MR) is 135 cm³/mol. The van der Waals surface area contributed by atoms with Crippen LogP contribution in [-0.4, -0.2) is 39.3 Å². The molecule has 0 fully saturated rings. The van der Waals surface area contributed by atoms with Gasteiger partial charge < -0.3 is 14.5 Å². The molecule has 4 aromatic rings. The zero-order valence-corrected chi connectivity index (χ0v) is 20.5. The topological polar surface area (TPSA) is 99.3 Å². The summed E-state index contributed by atoms with van der Waals surface area (Å²) in [6, 6.07) is 18.2. The number of ether oxygens (including phenoxy) is 1. The minimum atomic E-state index is -0.117. The zero-order valence-electron chi connectivity index (χ0n) is 19.7. The molecule has 0 radical (unpaired) electrons. The van der Waals surface area contributed by atoms with Crippen LogP contribution < -0.4 is 10.1 Å². The number of benzene rings is 2. The van der Waals surface area contributed by atoms with Crippen LogP contribution in [0.4, 0.5) is 5.69 Å². The van der Waals surface area contributed by atoms with Gasteiger partial charge in [0.15, 0.2) is 16.8 Å². The van der Waals surface area contributed by atoms with Gasteiger partial charge in [-0.15, -0.1) is 10.2 Å². The summed E-state index contributed by atoms with van der Waals surface area (Å²) in [5.41, 5.74) is 2.07. The number of Topliss-reactive ketones (excluding diaryl/α,β-unsaturated/α-hetero) is 1. The van der Waals surface area contributed by atoms with Crippen LogP contribution in [0.5, 0.6) is 5.75 Å². The number of nitrogens with zero attached hydrogens (tertiary/aromatic N) is 3. The highest BCUT2D eigenvalue weighted by Gasteiger charge is 2.18. The Kier molecular flexibility index (Phi) is 7.67. The fraction of sp³-hybridized carbons (Fsp3) is 0.231. The zero-order chi connectivity index (χ0) is 24.8. The number of furan rings is 1. The van der Waals surface area contributed by atoms with E-state index in [1.54, 1.807) is 37.6 Å². The van der Waals surface area contributed by atoms with Crippen LogP contribution in [0.15, 0.2) is 76.5 Å². The number of hydrogen-bond acceptors (Lipinski definition) is 7. The lowest BCUT2D eigenvalue weighted by Gasteiger charge is -2.10. The van der Waals surface area contributed by atoms with Gasteiger partial charge in [-0.05, 0) is 48.5 Å². The van der Waals surface area contributed by atoms with E-state index in [1.165, 1.54) is 11.8 Å². The third-order valence-electron chi connectivity index (χ3n) is 5.27. The van der Waals surface area contributed by atoms with Crippen LogP contribution in [-0.2, 0) is 11.3 Å². The monoisotopic (exact) mass is 490 g/mol. The van der Waals surface area contributed by atoms with Crippen LogP contribution in [0.1, 0.15) is 30.0 Å². The Hall–Kier alpha value is -3.85. The van der Waals surface area contributed by atoms with E-state index < -0.39 is 0 Å². The molecule has 35 heavy (non-hydrogen) atoms. The maximum atomic E-state index is 12.8. The van der Waals surface area contributed by atoms with Crippen molar-refractivity contribution >= 4 is 29.1 Å². The second-order valence-electron chi connectivity index (χ2n) is 8.14. The molecule has 0 unspecified atom stereocenters. The van der Waals surface area contributed by atoms with Gasteiger partial charge in [0.1, 0.15) is 11.5 Å². The molecule has 1 N–H and O–H groups in total. The Balaban J connectivity index is 1.51. The van der Waals surface area contributed by atoms with Crippen molar-refractivity contribution in [1.29, 1.82) is 0 Å². The van der Waals surface area contributed by atoms with Gasteiger partial charge in [0.2, 0.25) is 5.91 Å². The molecule has 0 atom stereocenters. The third-order valence-corrected chi connectivity index (χ3v) is 6.24. The molecule has 0 aliphatic rings. The lowest BCUT2D eigenvalue weighted by Crippen LogP contribution is -2.17. The molecule has 2 aromatic heterocycles. The summed E-state index contributed by atoms with van der Waals surface area (Å²) in [6.07, 6.45) is 1.62. The smallest absolute Gasteiger partial charge is 0.226 e. The van der Waals surface area contributed by atoms with Crippen LogP contribution in [0.3, 0.4) is 0 Å². The van der Waals surface area contributed by atoms with Crippen molar-refractivity contribution in [3.63, 3.8) is 0 Å². The van der Waals surface area contributed by atoms with Gasteiger partial charge in [0, 0.05) is 22.7 Å². The van der Waals surface area contributed by atoms with Crippen LogP contribution in [0.2, 0.25) is 0 Å². The normalized spacial score (nSPS) is 11.0. The lowest BCUT2D eigenvalue weighted by molar-refractivity contribution is -0.118. The number of anilines is 1. The second kappa shape index (κ2) is 11.1. The number of ketones is 1. The highest BCUT2D eigenvalue weighted by atomic mass is 32.2. The van der Waals surface area contributed by atoms with Gasteiger partial charge >= 0.3 is 0 Å². The summed E-state index contributed by atoms with van der Waals surface area (Å²) in [6.45, 7) is 4.08. The number of nitrogens with one attached hydrogen (secondary N) is 1. The van der Waals surface area contributed by atoms with Crippen molar-refractivity contribution in [2.24, 2.45) is 5.92 Å². The van der Waals surface area contributed by atoms with E-state index in [-0.39, 0.29) is 23.4 Å². The Bertz CT molecular complexity index is 1300. The van der Waals surface area contributed by atoms with Crippen molar-refractivity contribution < 1.29 is 18.7 Å². The molecule has 0 saturated carbocycles. The minimum Gasteiger partial charge on any atom is -0.497 e. The largest absolute Gasteiger partial charge is 0.497 e. The lowest BCUT2D eigenvalue weighted by atomic mass is 10.1. The van der Waals surface area contributed by atoms with E-state index >= 15 is 0 Å². The average Bonchev–Trinajstić information content (AvgIpc) is 3.53. The van der Waals surface area contributed by atoms with Crippen molar-refractivity contribution in [2.75, 3.05) is 18.2 Å². The van der Waals surface area contributed by atoms with E-state index in [2.05, 4.69) is 15.5 Å². The average molecular weight is 491 g/mol. The summed E-state index contributed by atoms with van der Waals surface area (Å²) >= 11 is 1.31. The molecule has 180 valence electrons. The highest BCUT2D eigenvalue weighted by Crippen LogP contribution is 2.28. The summed E-state index contributed by atoms with van der Waals surface area (Å²) < 4.78 is 12.8. The molecule has 0 saturated heterocycles. The van der Waals surface area contributed by atoms with Crippen LogP contribution in [0, 0.1) is 5.92 Å². The van der Waals surface area contributed by atoms with E-state index in [0.29, 0.717) is 34.5 Å². The summed E-state index contributed by atoms with van der Waals surface area (Å²) in [4.78, 5) is 24.7. The predicted octanol–water partition coefficient (Wildman–Crippen LogP) is 5.16. The Labute approximate surface area is 207 Å². The molecule has 0 aliphatic heterocycles. The second-order valence-corrected chi connectivity index (χ2v) is 9.08. The fourth-order valence-electron chi connectivity index (χ4n) is 3.31. The van der Waals surface area contributed by atoms with E-state index in [9.17, 15) is 9.59 Å².